The molecule has 21 heavy (non-hydrogen) atoms. The van der Waals surface area contributed by atoms with Crippen LogP contribution in [0.15, 0.2) is 41.0 Å². The van der Waals surface area contributed by atoms with Crippen LogP contribution in [0.4, 0.5) is 0 Å². The van der Waals surface area contributed by atoms with Crippen molar-refractivity contribution >= 4 is 15.9 Å². The van der Waals surface area contributed by atoms with Crippen molar-refractivity contribution in [2.24, 2.45) is 0 Å². The number of rotatable bonds is 6. The minimum absolute atomic E-state index is 0.130. The number of pyridine rings is 1. The first kappa shape index (κ1) is 16.0. The number of hydrogen-bond donors (Lipinski definition) is 1. The molecule has 3 nitrogen and oxygen atoms in total. The monoisotopic (exact) mass is 348 g/mol. The van der Waals surface area contributed by atoms with E-state index in [9.17, 15) is 0 Å². The maximum absolute atomic E-state index is 5.73. The molecule has 0 fully saturated rings. The molecule has 0 bridgehead atoms. The first-order valence-corrected chi connectivity index (χ1v) is 7.92. The van der Waals surface area contributed by atoms with E-state index in [-0.39, 0.29) is 6.10 Å². The van der Waals surface area contributed by atoms with Gasteiger partial charge in [0.15, 0.2) is 0 Å². The molecule has 0 amide bonds. The number of hydrogen-bond acceptors (Lipinski definition) is 3. The Hall–Kier alpha value is -1.39. The third kappa shape index (κ3) is 4.83. The van der Waals surface area contributed by atoms with E-state index in [4.69, 9.17) is 4.74 Å². The third-order valence-corrected chi connectivity index (χ3v) is 3.77. The average molecular weight is 349 g/mol. The maximum atomic E-state index is 5.73. The standard InChI is InChI=1S/C17H21BrN2O/c1-12(2)21-17-15(5-4-8-20-17)11-19-10-14-7-6-13(3)9-16(14)18/h4-9,12,19H,10-11H2,1-3H3. The van der Waals surface area contributed by atoms with Gasteiger partial charge in [-0.15, -0.1) is 0 Å². The van der Waals surface area contributed by atoms with E-state index in [1.807, 2.05) is 26.0 Å². The Morgan fingerprint density at radius 3 is 2.67 bits per heavy atom. The van der Waals surface area contributed by atoms with Crippen molar-refractivity contribution in [1.29, 1.82) is 0 Å². The molecule has 1 heterocycles. The lowest BCUT2D eigenvalue weighted by Crippen LogP contribution is -2.16. The van der Waals surface area contributed by atoms with Gasteiger partial charge < -0.3 is 10.1 Å². The van der Waals surface area contributed by atoms with Gasteiger partial charge in [0.1, 0.15) is 0 Å². The summed E-state index contributed by atoms with van der Waals surface area (Å²) in [6, 6.07) is 10.4. The lowest BCUT2D eigenvalue weighted by atomic mass is 10.1. The summed E-state index contributed by atoms with van der Waals surface area (Å²) >= 11 is 3.60. The molecule has 0 aliphatic heterocycles. The minimum atomic E-state index is 0.130. The van der Waals surface area contributed by atoms with E-state index in [0.717, 1.165) is 23.1 Å². The predicted octanol–water partition coefficient (Wildman–Crippen LogP) is 4.23. The van der Waals surface area contributed by atoms with Gasteiger partial charge in [-0.3, -0.25) is 0 Å². The van der Waals surface area contributed by atoms with Crippen LogP contribution in [0.5, 0.6) is 5.88 Å². The zero-order valence-corrected chi connectivity index (χ0v) is 14.3. The highest BCUT2D eigenvalue weighted by Crippen LogP contribution is 2.19. The highest BCUT2D eigenvalue weighted by Gasteiger charge is 2.07. The first-order valence-electron chi connectivity index (χ1n) is 7.12. The van der Waals surface area contributed by atoms with E-state index >= 15 is 0 Å². The third-order valence-electron chi connectivity index (χ3n) is 3.04. The van der Waals surface area contributed by atoms with E-state index in [1.54, 1.807) is 6.20 Å². The number of nitrogens with zero attached hydrogens (tertiary/aromatic N) is 1. The van der Waals surface area contributed by atoms with Crippen LogP contribution in [-0.2, 0) is 13.1 Å². The summed E-state index contributed by atoms with van der Waals surface area (Å²) in [4.78, 5) is 4.30. The second kappa shape index (κ2) is 7.57. The Bertz CT molecular complexity index is 599. The molecule has 0 spiro atoms. The van der Waals surface area contributed by atoms with Gasteiger partial charge in [-0.1, -0.05) is 34.1 Å². The lowest BCUT2D eigenvalue weighted by Gasteiger charge is -2.13. The largest absolute Gasteiger partial charge is 0.475 e. The van der Waals surface area contributed by atoms with Crippen LogP contribution < -0.4 is 10.1 Å². The van der Waals surface area contributed by atoms with Gasteiger partial charge in [0, 0.05) is 29.3 Å². The van der Waals surface area contributed by atoms with Crippen LogP contribution >= 0.6 is 15.9 Å². The SMILES string of the molecule is Cc1ccc(CNCc2cccnc2OC(C)C)c(Br)c1. The van der Waals surface area contributed by atoms with Crippen LogP contribution in [0.1, 0.15) is 30.5 Å². The molecular formula is C17H21BrN2O. The fraction of sp³-hybridized carbons (Fsp3) is 0.353. The summed E-state index contributed by atoms with van der Waals surface area (Å²) in [5.41, 5.74) is 3.58. The molecule has 0 saturated carbocycles. The van der Waals surface area contributed by atoms with Crippen LogP contribution in [0.2, 0.25) is 0 Å². The smallest absolute Gasteiger partial charge is 0.218 e. The van der Waals surface area contributed by atoms with Gasteiger partial charge in [-0.25, -0.2) is 4.98 Å². The maximum Gasteiger partial charge on any atom is 0.218 e. The summed E-state index contributed by atoms with van der Waals surface area (Å²) in [5, 5.41) is 3.44. The predicted molar refractivity (Wildman–Crippen MR) is 89.4 cm³/mol. The van der Waals surface area contributed by atoms with Crippen LogP contribution in [-0.4, -0.2) is 11.1 Å². The average Bonchev–Trinajstić information content (AvgIpc) is 2.42. The number of nitrogens with one attached hydrogen (secondary N) is 1. The molecule has 2 aromatic rings. The van der Waals surface area contributed by atoms with Crippen LogP contribution in [0, 0.1) is 6.92 Å². The topological polar surface area (TPSA) is 34.2 Å². The molecule has 0 radical (unpaired) electrons. The zero-order valence-electron chi connectivity index (χ0n) is 12.7. The molecule has 2 rings (SSSR count). The van der Waals surface area contributed by atoms with Crippen LogP contribution in [0.3, 0.4) is 0 Å². The summed E-state index contributed by atoms with van der Waals surface area (Å²) in [6.45, 7) is 7.64. The van der Waals surface area contributed by atoms with E-state index in [0.29, 0.717) is 5.88 Å². The number of aromatic nitrogens is 1. The number of ether oxygens (including phenoxy) is 1. The number of halogens is 1. The number of benzene rings is 1. The van der Waals surface area contributed by atoms with Crippen molar-refractivity contribution < 1.29 is 4.74 Å². The van der Waals surface area contributed by atoms with E-state index < -0.39 is 0 Å². The fourth-order valence-corrected chi connectivity index (χ4v) is 2.65. The highest BCUT2D eigenvalue weighted by molar-refractivity contribution is 9.10. The van der Waals surface area contributed by atoms with Gasteiger partial charge >= 0.3 is 0 Å². The van der Waals surface area contributed by atoms with Crippen molar-refractivity contribution in [2.75, 3.05) is 0 Å². The van der Waals surface area contributed by atoms with Gasteiger partial charge in [0.25, 0.3) is 0 Å². The number of aryl methyl sites for hydroxylation is 1. The fourth-order valence-electron chi connectivity index (χ4n) is 2.02. The van der Waals surface area contributed by atoms with Crippen molar-refractivity contribution in [3.8, 4) is 5.88 Å². The van der Waals surface area contributed by atoms with Gasteiger partial charge in [-0.05, 0) is 44.0 Å². The highest BCUT2D eigenvalue weighted by atomic mass is 79.9. The Morgan fingerprint density at radius 2 is 1.95 bits per heavy atom. The van der Waals surface area contributed by atoms with Crippen molar-refractivity contribution in [2.45, 2.75) is 40.0 Å². The van der Waals surface area contributed by atoms with Crippen molar-refractivity contribution in [1.82, 2.24) is 10.3 Å². The molecule has 1 N–H and O–H groups in total. The second-order valence-corrected chi connectivity index (χ2v) is 6.19. The molecule has 0 aliphatic carbocycles. The molecule has 112 valence electrons. The first-order chi connectivity index (χ1) is 10.1. The van der Waals surface area contributed by atoms with Gasteiger partial charge in [0.2, 0.25) is 5.88 Å². The lowest BCUT2D eigenvalue weighted by molar-refractivity contribution is 0.229. The Balaban J connectivity index is 1.97. The Labute approximate surface area is 134 Å². The van der Waals surface area contributed by atoms with E-state index in [2.05, 4.69) is 51.4 Å². The summed E-state index contributed by atoms with van der Waals surface area (Å²) in [6.07, 6.45) is 1.89. The van der Waals surface area contributed by atoms with Gasteiger partial charge in [0.05, 0.1) is 6.10 Å². The zero-order chi connectivity index (χ0) is 15.2. The normalized spacial score (nSPS) is 10.9. The Morgan fingerprint density at radius 1 is 1.19 bits per heavy atom. The molecular weight excluding hydrogens is 328 g/mol. The van der Waals surface area contributed by atoms with Gasteiger partial charge in [-0.2, -0.15) is 0 Å². The van der Waals surface area contributed by atoms with Crippen molar-refractivity contribution in [3.05, 3.63) is 57.7 Å². The van der Waals surface area contributed by atoms with E-state index in [1.165, 1.54) is 11.1 Å². The summed E-state index contributed by atoms with van der Waals surface area (Å²) < 4.78 is 6.87. The molecule has 1 aromatic heterocycles. The summed E-state index contributed by atoms with van der Waals surface area (Å²) in [5.74, 6) is 0.711. The molecule has 0 aliphatic rings. The molecule has 1 aromatic carbocycles. The Kier molecular flexibility index (Phi) is 5.76. The molecule has 0 unspecified atom stereocenters. The second-order valence-electron chi connectivity index (χ2n) is 5.33. The molecule has 0 saturated heterocycles. The molecule has 0 atom stereocenters. The quantitative estimate of drug-likeness (QED) is 0.848. The summed E-state index contributed by atoms with van der Waals surface area (Å²) in [7, 11) is 0. The molecule has 4 heteroatoms. The minimum Gasteiger partial charge on any atom is -0.475 e. The van der Waals surface area contributed by atoms with Crippen molar-refractivity contribution in [3.63, 3.8) is 0 Å². The van der Waals surface area contributed by atoms with Crippen LogP contribution in [0.25, 0.3) is 0 Å².